The number of hydrogen-bond donors (Lipinski definition) is 0. The van der Waals surface area contributed by atoms with E-state index in [9.17, 15) is 4.39 Å². The van der Waals surface area contributed by atoms with Gasteiger partial charge in [-0.3, -0.25) is 0 Å². The van der Waals surface area contributed by atoms with Crippen LogP contribution < -0.4 is 4.74 Å². The van der Waals surface area contributed by atoms with Crippen LogP contribution in [0.2, 0.25) is 0 Å². The van der Waals surface area contributed by atoms with Crippen LogP contribution in [0.3, 0.4) is 0 Å². The first kappa shape index (κ1) is 10.0. The molecule has 0 radical (unpaired) electrons. The van der Waals surface area contributed by atoms with E-state index >= 15 is 0 Å². The molecule has 0 fully saturated rings. The van der Waals surface area contributed by atoms with Gasteiger partial charge in [-0.1, -0.05) is 13.3 Å². The van der Waals surface area contributed by atoms with Crippen molar-refractivity contribution in [3.8, 4) is 5.75 Å². The molecule has 0 aliphatic rings. The summed E-state index contributed by atoms with van der Waals surface area (Å²) < 4.78 is 18.0. The van der Waals surface area contributed by atoms with Gasteiger partial charge >= 0.3 is 0 Å². The minimum Gasteiger partial charge on any atom is -0.496 e. The van der Waals surface area contributed by atoms with E-state index in [0.29, 0.717) is 0 Å². The van der Waals surface area contributed by atoms with Crippen molar-refractivity contribution in [3.05, 3.63) is 29.6 Å². The molecular weight excluding hydrogens is 167 g/mol. The SMILES string of the molecule is CCCCc1cc(F)ccc1OC. The molecule has 0 heterocycles. The lowest BCUT2D eigenvalue weighted by molar-refractivity contribution is 0.407. The van der Waals surface area contributed by atoms with Crippen LogP contribution in [-0.2, 0) is 6.42 Å². The molecule has 0 aromatic heterocycles. The van der Waals surface area contributed by atoms with E-state index in [1.54, 1.807) is 19.2 Å². The van der Waals surface area contributed by atoms with E-state index in [0.717, 1.165) is 30.6 Å². The second kappa shape index (κ2) is 4.85. The number of aryl methyl sites for hydroxylation is 1. The van der Waals surface area contributed by atoms with Crippen LogP contribution in [0.4, 0.5) is 4.39 Å². The van der Waals surface area contributed by atoms with Crippen molar-refractivity contribution < 1.29 is 9.13 Å². The van der Waals surface area contributed by atoms with Gasteiger partial charge in [-0.05, 0) is 36.6 Å². The molecule has 1 nitrogen and oxygen atoms in total. The fourth-order valence-electron chi connectivity index (χ4n) is 1.31. The minimum absolute atomic E-state index is 0.188. The van der Waals surface area contributed by atoms with Crippen LogP contribution in [0.1, 0.15) is 25.3 Å². The van der Waals surface area contributed by atoms with Crippen LogP contribution >= 0.6 is 0 Å². The molecule has 1 aromatic rings. The standard InChI is InChI=1S/C11H15FO/c1-3-4-5-9-8-10(12)6-7-11(9)13-2/h6-8H,3-5H2,1-2H3. The van der Waals surface area contributed by atoms with E-state index in [1.165, 1.54) is 6.07 Å². The lowest BCUT2D eigenvalue weighted by Crippen LogP contribution is -1.93. The van der Waals surface area contributed by atoms with Gasteiger partial charge < -0.3 is 4.74 Å². The van der Waals surface area contributed by atoms with Crippen LogP contribution in [0.5, 0.6) is 5.75 Å². The first-order valence-electron chi connectivity index (χ1n) is 4.60. The maximum Gasteiger partial charge on any atom is 0.123 e. The number of methoxy groups -OCH3 is 1. The van der Waals surface area contributed by atoms with Crippen molar-refractivity contribution in [2.45, 2.75) is 26.2 Å². The van der Waals surface area contributed by atoms with Crippen LogP contribution in [0.25, 0.3) is 0 Å². The molecule has 72 valence electrons. The Morgan fingerprint density at radius 2 is 2.15 bits per heavy atom. The normalized spacial score (nSPS) is 10.1. The predicted octanol–water partition coefficient (Wildman–Crippen LogP) is 3.18. The maximum absolute atomic E-state index is 12.9. The van der Waals surface area contributed by atoms with Crippen molar-refractivity contribution in [1.29, 1.82) is 0 Å². The lowest BCUT2D eigenvalue weighted by Gasteiger charge is -2.07. The van der Waals surface area contributed by atoms with Crippen LogP contribution in [-0.4, -0.2) is 7.11 Å². The molecule has 0 bridgehead atoms. The molecule has 0 unspecified atom stereocenters. The summed E-state index contributed by atoms with van der Waals surface area (Å²) in [5.74, 6) is 0.599. The summed E-state index contributed by atoms with van der Waals surface area (Å²) in [4.78, 5) is 0. The Hall–Kier alpha value is -1.05. The van der Waals surface area contributed by atoms with Crippen molar-refractivity contribution >= 4 is 0 Å². The number of hydrogen-bond acceptors (Lipinski definition) is 1. The Kier molecular flexibility index (Phi) is 3.74. The van der Waals surface area contributed by atoms with Crippen molar-refractivity contribution in [2.75, 3.05) is 7.11 Å². The van der Waals surface area contributed by atoms with Crippen molar-refractivity contribution in [1.82, 2.24) is 0 Å². The highest BCUT2D eigenvalue weighted by atomic mass is 19.1. The number of unbranched alkanes of at least 4 members (excludes halogenated alkanes) is 1. The first-order chi connectivity index (χ1) is 6.27. The summed E-state index contributed by atoms with van der Waals surface area (Å²) >= 11 is 0. The van der Waals surface area contributed by atoms with Gasteiger partial charge in [0.25, 0.3) is 0 Å². The zero-order valence-electron chi connectivity index (χ0n) is 8.14. The van der Waals surface area contributed by atoms with E-state index in [2.05, 4.69) is 6.92 Å². The molecule has 0 aliphatic carbocycles. The van der Waals surface area contributed by atoms with Crippen molar-refractivity contribution in [2.24, 2.45) is 0 Å². The molecule has 1 rings (SSSR count). The van der Waals surface area contributed by atoms with Crippen LogP contribution in [0.15, 0.2) is 18.2 Å². The van der Waals surface area contributed by atoms with Crippen LogP contribution in [0, 0.1) is 5.82 Å². The summed E-state index contributed by atoms with van der Waals surface area (Å²) in [6, 6.07) is 4.66. The summed E-state index contributed by atoms with van der Waals surface area (Å²) in [6.07, 6.45) is 3.07. The molecule has 13 heavy (non-hydrogen) atoms. The van der Waals surface area contributed by atoms with E-state index in [4.69, 9.17) is 4.74 Å². The van der Waals surface area contributed by atoms with Gasteiger partial charge in [0.2, 0.25) is 0 Å². The summed E-state index contributed by atoms with van der Waals surface area (Å²) in [5.41, 5.74) is 0.962. The van der Waals surface area contributed by atoms with E-state index < -0.39 is 0 Å². The molecule has 0 spiro atoms. The fraction of sp³-hybridized carbons (Fsp3) is 0.455. The number of ether oxygens (including phenoxy) is 1. The average Bonchev–Trinajstić information content (AvgIpc) is 2.15. The smallest absolute Gasteiger partial charge is 0.123 e. The summed E-state index contributed by atoms with van der Waals surface area (Å²) in [5, 5.41) is 0. The monoisotopic (exact) mass is 182 g/mol. The van der Waals surface area contributed by atoms with Crippen molar-refractivity contribution in [3.63, 3.8) is 0 Å². The fourth-order valence-corrected chi connectivity index (χ4v) is 1.31. The summed E-state index contributed by atoms with van der Waals surface area (Å²) in [6.45, 7) is 2.12. The second-order valence-electron chi connectivity index (χ2n) is 3.06. The minimum atomic E-state index is -0.188. The average molecular weight is 182 g/mol. The van der Waals surface area contributed by atoms with E-state index in [1.807, 2.05) is 0 Å². The van der Waals surface area contributed by atoms with Gasteiger partial charge in [-0.15, -0.1) is 0 Å². The van der Waals surface area contributed by atoms with E-state index in [-0.39, 0.29) is 5.82 Å². The highest BCUT2D eigenvalue weighted by Gasteiger charge is 2.03. The summed E-state index contributed by atoms with van der Waals surface area (Å²) in [7, 11) is 1.61. The van der Waals surface area contributed by atoms with Gasteiger partial charge in [0.05, 0.1) is 7.11 Å². The topological polar surface area (TPSA) is 9.23 Å². The van der Waals surface area contributed by atoms with Gasteiger partial charge in [-0.2, -0.15) is 0 Å². The van der Waals surface area contributed by atoms with Gasteiger partial charge in [-0.25, -0.2) is 4.39 Å². The Bertz CT molecular complexity index is 271. The third-order valence-electron chi connectivity index (χ3n) is 2.04. The molecule has 0 N–H and O–H groups in total. The molecule has 0 saturated carbocycles. The molecular formula is C11H15FO. The Labute approximate surface area is 78.5 Å². The molecule has 0 saturated heterocycles. The lowest BCUT2D eigenvalue weighted by atomic mass is 10.1. The zero-order chi connectivity index (χ0) is 9.68. The second-order valence-corrected chi connectivity index (χ2v) is 3.06. The Morgan fingerprint density at radius 1 is 1.38 bits per heavy atom. The maximum atomic E-state index is 12.9. The predicted molar refractivity (Wildman–Crippen MR) is 51.6 cm³/mol. The van der Waals surface area contributed by atoms with Gasteiger partial charge in [0.1, 0.15) is 11.6 Å². The number of rotatable bonds is 4. The first-order valence-corrected chi connectivity index (χ1v) is 4.60. The Balaban J connectivity index is 2.81. The Morgan fingerprint density at radius 3 is 2.77 bits per heavy atom. The quantitative estimate of drug-likeness (QED) is 0.695. The molecule has 0 amide bonds. The number of halogens is 1. The highest BCUT2D eigenvalue weighted by Crippen LogP contribution is 2.20. The highest BCUT2D eigenvalue weighted by molar-refractivity contribution is 5.33. The molecule has 0 atom stereocenters. The molecule has 2 heteroatoms. The number of benzene rings is 1. The largest absolute Gasteiger partial charge is 0.496 e. The third kappa shape index (κ3) is 2.72. The molecule has 1 aromatic carbocycles. The third-order valence-corrected chi connectivity index (χ3v) is 2.04. The van der Waals surface area contributed by atoms with Gasteiger partial charge in [0, 0.05) is 0 Å². The zero-order valence-corrected chi connectivity index (χ0v) is 8.14. The van der Waals surface area contributed by atoms with Gasteiger partial charge in [0.15, 0.2) is 0 Å². The molecule has 0 aliphatic heterocycles.